The molecule has 0 spiro atoms. The van der Waals surface area contributed by atoms with Gasteiger partial charge in [0.15, 0.2) is 0 Å². The first-order valence-electron chi connectivity index (χ1n) is 3.92. The minimum atomic E-state index is -0.467. The van der Waals surface area contributed by atoms with Gasteiger partial charge in [-0.25, -0.2) is 4.79 Å². The highest BCUT2D eigenvalue weighted by atomic mass is 16.5. The molecule has 0 saturated heterocycles. The molecule has 0 aromatic heterocycles. The number of methoxy groups -OCH3 is 1. The number of carbonyl (C=O) groups excluding carboxylic acids is 1. The Morgan fingerprint density at radius 2 is 2.42 bits per heavy atom. The Morgan fingerprint density at radius 1 is 1.67 bits per heavy atom. The molecule has 66 valence electrons. The van der Waals surface area contributed by atoms with Gasteiger partial charge in [-0.3, -0.25) is 0 Å². The van der Waals surface area contributed by atoms with Crippen molar-refractivity contribution in [1.29, 1.82) is 0 Å². The molecule has 12 heavy (non-hydrogen) atoms. The molecular formula is C9H12O3. The largest absolute Gasteiger partial charge is 0.511 e. The quantitative estimate of drug-likeness (QED) is 0.606. The summed E-state index contributed by atoms with van der Waals surface area (Å²) in [4.78, 5) is 11.0. The zero-order valence-electron chi connectivity index (χ0n) is 7.04. The summed E-state index contributed by atoms with van der Waals surface area (Å²) in [6, 6.07) is 0. The molecule has 1 aliphatic carbocycles. The monoisotopic (exact) mass is 168 g/mol. The number of hydrogen-bond donors (Lipinski definition) is 1. The van der Waals surface area contributed by atoms with Crippen LogP contribution in [0.25, 0.3) is 0 Å². The van der Waals surface area contributed by atoms with E-state index < -0.39 is 5.97 Å². The lowest BCUT2D eigenvalue weighted by molar-refractivity contribution is -0.135. The Bertz CT molecular complexity index is 238. The number of hydrogen-bond acceptors (Lipinski definition) is 3. The van der Waals surface area contributed by atoms with Gasteiger partial charge in [-0.05, 0) is 18.9 Å². The van der Waals surface area contributed by atoms with Gasteiger partial charge in [-0.15, -0.1) is 0 Å². The summed E-state index contributed by atoms with van der Waals surface area (Å²) < 4.78 is 4.51. The van der Waals surface area contributed by atoms with E-state index >= 15 is 0 Å². The fourth-order valence-corrected chi connectivity index (χ4v) is 1.12. The van der Waals surface area contributed by atoms with Crippen LogP contribution in [-0.2, 0) is 9.53 Å². The van der Waals surface area contributed by atoms with Crippen LogP contribution in [-0.4, -0.2) is 18.2 Å². The van der Waals surface area contributed by atoms with E-state index in [0.29, 0.717) is 6.42 Å². The van der Waals surface area contributed by atoms with E-state index in [-0.39, 0.29) is 11.3 Å². The van der Waals surface area contributed by atoms with Gasteiger partial charge < -0.3 is 9.84 Å². The van der Waals surface area contributed by atoms with Crippen molar-refractivity contribution in [3.8, 4) is 0 Å². The van der Waals surface area contributed by atoms with Crippen LogP contribution in [0, 0.1) is 0 Å². The van der Waals surface area contributed by atoms with Crippen LogP contribution >= 0.6 is 0 Å². The molecule has 0 aromatic carbocycles. The van der Waals surface area contributed by atoms with Crippen LogP contribution in [0.5, 0.6) is 0 Å². The lowest BCUT2D eigenvalue weighted by atomic mass is 10.2. The van der Waals surface area contributed by atoms with Gasteiger partial charge in [0.2, 0.25) is 0 Å². The molecule has 0 saturated carbocycles. The molecule has 3 heteroatoms. The number of aliphatic hydroxyl groups excluding tert-OH is 1. The number of aliphatic hydroxyl groups is 1. The molecule has 0 bridgehead atoms. The Balaban J connectivity index is 2.87. The Hall–Kier alpha value is -1.25. The summed E-state index contributed by atoms with van der Waals surface area (Å²) in [5.74, 6) is -0.332. The van der Waals surface area contributed by atoms with Gasteiger partial charge in [-0.1, -0.05) is 6.08 Å². The predicted molar refractivity (Wildman–Crippen MR) is 44.7 cm³/mol. The average Bonchev–Trinajstić information content (AvgIpc) is 2.28. The average molecular weight is 168 g/mol. The number of allylic oxidation sites excluding steroid dienone is 2. The predicted octanol–water partition coefficient (Wildman–Crippen LogP) is 1.71. The second kappa shape index (κ2) is 3.95. The molecule has 0 aromatic rings. The van der Waals surface area contributed by atoms with Crippen molar-refractivity contribution in [3.05, 3.63) is 23.5 Å². The van der Waals surface area contributed by atoms with Gasteiger partial charge >= 0.3 is 5.97 Å². The van der Waals surface area contributed by atoms with E-state index in [9.17, 15) is 9.90 Å². The van der Waals surface area contributed by atoms with E-state index in [0.717, 1.165) is 12.8 Å². The molecule has 0 heterocycles. The van der Waals surface area contributed by atoms with Crippen molar-refractivity contribution < 1.29 is 14.6 Å². The topological polar surface area (TPSA) is 46.5 Å². The van der Waals surface area contributed by atoms with Gasteiger partial charge in [0, 0.05) is 6.42 Å². The van der Waals surface area contributed by atoms with E-state index in [1.54, 1.807) is 6.08 Å². The van der Waals surface area contributed by atoms with Crippen molar-refractivity contribution in [2.24, 2.45) is 0 Å². The van der Waals surface area contributed by atoms with E-state index in [2.05, 4.69) is 4.74 Å². The SMILES string of the molecule is COC(=O)C1=C(O)CCCC=C1. The maximum Gasteiger partial charge on any atom is 0.341 e. The number of carbonyl (C=O) groups is 1. The smallest absolute Gasteiger partial charge is 0.341 e. The van der Waals surface area contributed by atoms with Crippen LogP contribution in [0.4, 0.5) is 0 Å². The molecular weight excluding hydrogens is 156 g/mol. The highest BCUT2D eigenvalue weighted by Gasteiger charge is 2.13. The van der Waals surface area contributed by atoms with Crippen LogP contribution in [0.1, 0.15) is 19.3 Å². The zero-order chi connectivity index (χ0) is 8.97. The van der Waals surface area contributed by atoms with E-state index in [1.807, 2.05) is 6.08 Å². The second-order valence-corrected chi connectivity index (χ2v) is 2.65. The number of ether oxygens (including phenoxy) is 1. The third-order valence-electron chi connectivity index (χ3n) is 1.79. The van der Waals surface area contributed by atoms with Gasteiger partial charge in [0.25, 0.3) is 0 Å². The molecule has 0 radical (unpaired) electrons. The summed E-state index contributed by atoms with van der Waals surface area (Å²) in [5.41, 5.74) is 0.287. The molecule has 0 unspecified atom stereocenters. The first-order chi connectivity index (χ1) is 5.75. The third kappa shape index (κ3) is 1.87. The summed E-state index contributed by atoms with van der Waals surface area (Å²) in [6.07, 6.45) is 5.81. The summed E-state index contributed by atoms with van der Waals surface area (Å²) >= 11 is 0. The lowest BCUT2D eigenvalue weighted by Gasteiger charge is -2.01. The van der Waals surface area contributed by atoms with Gasteiger partial charge in [-0.2, -0.15) is 0 Å². The van der Waals surface area contributed by atoms with E-state index in [4.69, 9.17) is 0 Å². The maximum atomic E-state index is 11.0. The molecule has 1 aliphatic rings. The highest BCUT2D eigenvalue weighted by molar-refractivity contribution is 5.92. The van der Waals surface area contributed by atoms with Gasteiger partial charge in [0.1, 0.15) is 5.76 Å². The molecule has 0 amide bonds. The first kappa shape index (κ1) is 8.84. The zero-order valence-corrected chi connectivity index (χ0v) is 7.04. The van der Waals surface area contributed by atoms with Gasteiger partial charge in [0.05, 0.1) is 12.7 Å². The van der Waals surface area contributed by atoms with Crippen LogP contribution in [0.2, 0.25) is 0 Å². The van der Waals surface area contributed by atoms with E-state index in [1.165, 1.54) is 7.11 Å². The maximum absolute atomic E-state index is 11.0. The second-order valence-electron chi connectivity index (χ2n) is 2.65. The minimum absolute atomic E-state index is 0.135. The fourth-order valence-electron chi connectivity index (χ4n) is 1.12. The van der Waals surface area contributed by atoms with Crippen LogP contribution < -0.4 is 0 Å². The Labute approximate surface area is 71.3 Å². The lowest BCUT2D eigenvalue weighted by Crippen LogP contribution is -2.05. The van der Waals surface area contributed by atoms with Crippen LogP contribution in [0.15, 0.2) is 23.5 Å². The first-order valence-corrected chi connectivity index (χ1v) is 3.92. The summed E-state index contributed by atoms with van der Waals surface area (Å²) in [5, 5.41) is 9.38. The molecule has 0 fully saturated rings. The molecule has 3 nitrogen and oxygen atoms in total. The fraction of sp³-hybridized carbons (Fsp3) is 0.444. The standard InChI is InChI=1S/C9H12O3/c1-12-9(11)7-5-3-2-4-6-8(7)10/h3,5,10H,2,4,6H2,1H3. The normalized spacial score (nSPS) is 17.4. The summed E-state index contributed by atoms with van der Waals surface area (Å²) in [7, 11) is 1.31. The summed E-state index contributed by atoms with van der Waals surface area (Å²) in [6.45, 7) is 0. The van der Waals surface area contributed by atoms with Crippen molar-refractivity contribution in [1.82, 2.24) is 0 Å². The molecule has 0 aliphatic heterocycles. The minimum Gasteiger partial charge on any atom is -0.511 e. The van der Waals surface area contributed by atoms with Crippen molar-refractivity contribution in [3.63, 3.8) is 0 Å². The molecule has 1 rings (SSSR count). The highest BCUT2D eigenvalue weighted by Crippen LogP contribution is 2.17. The van der Waals surface area contributed by atoms with Crippen molar-refractivity contribution >= 4 is 5.97 Å². The van der Waals surface area contributed by atoms with Crippen molar-refractivity contribution in [2.45, 2.75) is 19.3 Å². The van der Waals surface area contributed by atoms with Crippen molar-refractivity contribution in [2.75, 3.05) is 7.11 Å². The molecule has 1 N–H and O–H groups in total. The Kier molecular flexibility index (Phi) is 2.91. The Morgan fingerprint density at radius 3 is 3.08 bits per heavy atom. The van der Waals surface area contributed by atoms with Crippen LogP contribution in [0.3, 0.4) is 0 Å². The number of rotatable bonds is 1. The third-order valence-corrected chi connectivity index (χ3v) is 1.79. The molecule has 0 atom stereocenters. The number of esters is 1.